The third-order valence-corrected chi connectivity index (χ3v) is 14.5. The van der Waals surface area contributed by atoms with Gasteiger partial charge in [0.25, 0.3) is 11.8 Å². The number of benzene rings is 1. The van der Waals surface area contributed by atoms with Crippen LogP contribution in [0, 0.1) is 17.8 Å². The topological polar surface area (TPSA) is 193 Å². The van der Waals surface area contributed by atoms with E-state index in [0.29, 0.717) is 63.8 Å². The van der Waals surface area contributed by atoms with Crippen LogP contribution >= 0.6 is 11.3 Å². The third-order valence-electron chi connectivity index (χ3n) is 11.9. The van der Waals surface area contributed by atoms with Gasteiger partial charge in [-0.3, -0.25) is 23.9 Å². The molecule has 320 valence electrons. The molecule has 6 atom stereocenters. The van der Waals surface area contributed by atoms with Gasteiger partial charge in [-0.05, 0) is 76.6 Å². The summed E-state index contributed by atoms with van der Waals surface area (Å²) in [4.78, 5) is 77.2. The Hall–Kier alpha value is -4.72. The highest BCUT2D eigenvalue weighted by molar-refractivity contribution is 7.91. The summed E-state index contributed by atoms with van der Waals surface area (Å²) >= 11 is 1.15. The van der Waals surface area contributed by atoms with E-state index in [9.17, 15) is 45.6 Å². The van der Waals surface area contributed by atoms with Crippen molar-refractivity contribution < 1.29 is 55.0 Å². The Bertz CT molecular complexity index is 2120. The van der Waals surface area contributed by atoms with Crippen molar-refractivity contribution in [2.24, 2.45) is 17.8 Å². The van der Waals surface area contributed by atoms with E-state index in [2.05, 4.69) is 20.3 Å². The average molecular weight is 865 g/mol. The molecule has 4 fully saturated rings. The number of likely N-dealkylation sites (tertiary alicyclic amines) is 1. The van der Waals surface area contributed by atoms with Crippen LogP contribution in [0.15, 0.2) is 41.8 Å². The van der Waals surface area contributed by atoms with E-state index in [1.165, 1.54) is 4.90 Å². The normalized spacial score (nSPS) is 28.2. The van der Waals surface area contributed by atoms with Gasteiger partial charge in [-0.1, -0.05) is 25.0 Å². The van der Waals surface area contributed by atoms with E-state index in [1.807, 2.05) is 18.2 Å². The van der Waals surface area contributed by atoms with Crippen LogP contribution in [-0.2, 0) is 29.1 Å². The van der Waals surface area contributed by atoms with Crippen molar-refractivity contribution in [3.05, 3.63) is 46.8 Å². The number of nitrogens with one attached hydrogen (secondary N) is 3. The average Bonchev–Trinajstić information content (AvgIpc) is 4.00. The monoisotopic (exact) mass is 864 g/mol. The molecule has 5 amide bonds. The number of nitrogens with zero attached hydrogens (tertiary/aromatic N) is 3. The number of carbonyl (C=O) groups excluding carboxylic acids is 5. The van der Waals surface area contributed by atoms with E-state index >= 15 is 0 Å². The lowest BCUT2D eigenvalue weighted by Crippen LogP contribution is -2.60. The maximum Gasteiger partial charge on any atom is 0.427 e. The predicted octanol–water partition coefficient (Wildman–Crippen LogP) is 4.16. The number of amides is 5. The van der Waals surface area contributed by atoms with Gasteiger partial charge in [0.2, 0.25) is 27.4 Å². The first-order chi connectivity index (χ1) is 27.8. The lowest BCUT2D eigenvalue weighted by molar-refractivity contribution is -0.244. The second kappa shape index (κ2) is 16.0. The van der Waals surface area contributed by atoms with Gasteiger partial charge in [0.05, 0.1) is 18.1 Å². The molecule has 2 saturated heterocycles. The van der Waals surface area contributed by atoms with E-state index in [0.717, 1.165) is 16.9 Å². The summed E-state index contributed by atoms with van der Waals surface area (Å²) in [5.41, 5.74) is -3.16. The minimum Gasteiger partial charge on any atom is -0.497 e. The van der Waals surface area contributed by atoms with Crippen molar-refractivity contribution in [3.8, 4) is 17.0 Å². The maximum atomic E-state index is 14.6. The lowest BCUT2D eigenvalue weighted by Gasteiger charge is -2.33. The zero-order valence-corrected chi connectivity index (χ0v) is 34.4. The van der Waals surface area contributed by atoms with Crippen LogP contribution in [-0.4, -0.2) is 114 Å². The Balaban J connectivity index is 1.16. The first kappa shape index (κ1) is 42.4. The number of fused-ring (bicyclic) bond motifs is 4. The third kappa shape index (κ3) is 8.79. The number of methoxy groups -OCH3 is 1. The van der Waals surface area contributed by atoms with Crippen LogP contribution in [0.1, 0.15) is 75.0 Å². The second-order valence-corrected chi connectivity index (χ2v) is 19.3. The van der Waals surface area contributed by atoms with Gasteiger partial charge in [-0.2, -0.15) is 13.2 Å². The van der Waals surface area contributed by atoms with Crippen LogP contribution in [0.5, 0.6) is 5.75 Å². The molecule has 4 heterocycles. The molecule has 0 unspecified atom stereocenters. The minimum absolute atomic E-state index is 0.0152. The van der Waals surface area contributed by atoms with Crippen molar-refractivity contribution in [1.29, 1.82) is 0 Å². The van der Waals surface area contributed by atoms with Gasteiger partial charge in [-0.15, -0.1) is 11.3 Å². The van der Waals surface area contributed by atoms with Crippen molar-refractivity contribution in [1.82, 2.24) is 30.1 Å². The number of sulfonamides is 1. The molecule has 3 aliphatic heterocycles. The van der Waals surface area contributed by atoms with Crippen LogP contribution in [0.4, 0.5) is 18.0 Å². The zero-order chi connectivity index (χ0) is 42.5. The van der Waals surface area contributed by atoms with Gasteiger partial charge in [0, 0.05) is 48.3 Å². The van der Waals surface area contributed by atoms with Crippen LogP contribution in [0.2, 0.25) is 0 Å². The molecule has 7 rings (SSSR count). The molecule has 15 nitrogen and oxygen atoms in total. The lowest BCUT2D eigenvalue weighted by atomic mass is 9.93. The molecule has 0 bridgehead atoms. The molecule has 0 radical (unpaired) electrons. The SMILES string of the molecule is COc1ccc(-c2csc(C(=O)N3C[C@H]4CN5C(=O)[C@@H](NC(=O)OC(C)(C)C(F)(F)F)CCCCC/C=C\[C@@H]6C[C@@]6(C(=O)NS(=O)(=O)C6CC6)NC(=O)[C@@H]5[C@H]4C3)n2)cc1. The Labute approximate surface area is 343 Å². The molecule has 5 aliphatic rings. The molecule has 2 aliphatic carbocycles. The highest BCUT2D eigenvalue weighted by Crippen LogP contribution is 2.47. The molecule has 2 aromatic rings. The van der Waals surface area contributed by atoms with Gasteiger partial charge in [0.1, 0.15) is 23.4 Å². The van der Waals surface area contributed by atoms with E-state index < -0.39 is 86.2 Å². The first-order valence-corrected chi connectivity index (χ1v) is 22.1. The van der Waals surface area contributed by atoms with Gasteiger partial charge in [-0.25, -0.2) is 18.2 Å². The number of hydrogen-bond acceptors (Lipinski definition) is 11. The van der Waals surface area contributed by atoms with Crippen molar-refractivity contribution in [2.75, 3.05) is 26.7 Å². The van der Waals surface area contributed by atoms with Crippen LogP contribution < -0.4 is 20.1 Å². The molecule has 20 heteroatoms. The maximum absolute atomic E-state index is 14.6. The Morgan fingerprint density at radius 3 is 2.42 bits per heavy atom. The van der Waals surface area contributed by atoms with Crippen molar-refractivity contribution >= 4 is 51.1 Å². The predicted molar refractivity (Wildman–Crippen MR) is 207 cm³/mol. The Morgan fingerprint density at radius 2 is 1.75 bits per heavy atom. The number of carbonyl (C=O) groups is 5. The zero-order valence-electron chi connectivity index (χ0n) is 32.7. The standard InChI is InChI=1S/C39H47F3N6O9S2/c1-37(2,39(40,41)42)57-36(53)44-28-10-8-6-4-5-7-9-24-17-38(24,35(52)46-59(54,55)26-15-16-26)45-31(49)30-27-20-47(18-23(27)19-48(30)33(28)50)34(51)32-43-29(21-58-32)22-11-13-25(56-3)14-12-22/h7,9,11-14,21,23-24,26-28,30H,4-6,8,10,15-20H2,1-3H3,(H,44,53)(H,45,49)(H,46,52)/b9-7-/t23-,24+,27-,28-,30-,38+/m0/s1. The number of aromatic nitrogens is 1. The van der Waals surface area contributed by atoms with Crippen molar-refractivity contribution in [2.45, 2.75) is 99.9 Å². The quantitative estimate of drug-likeness (QED) is 0.325. The molecule has 59 heavy (non-hydrogen) atoms. The van der Waals surface area contributed by atoms with Crippen molar-refractivity contribution in [3.63, 3.8) is 0 Å². The Kier molecular flexibility index (Phi) is 11.5. The summed E-state index contributed by atoms with van der Waals surface area (Å²) in [6.45, 7) is 1.46. The summed E-state index contributed by atoms with van der Waals surface area (Å²) in [6.07, 6.45) is 0.363. The second-order valence-electron chi connectivity index (χ2n) is 16.4. The number of halogens is 3. The van der Waals surface area contributed by atoms with Gasteiger partial charge >= 0.3 is 12.3 Å². The summed E-state index contributed by atoms with van der Waals surface area (Å²) in [5.74, 6) is -3.78. The van der Waals surface area contributed by atoms with E-state index in [-0.39, 0.29) is 43.4 Å². The number of ether oxygens (including phenoxy) is 2. The van der Waals surface area contributed by atoms with Crippen LogP contribution in [0.3, 0.4) is 0 Å². The first-order valence-electron chi connectivity index (χ1n) is 19.6. The van der Waals surface area contributed by atoms with E-state index in [4.69, 9.17) is 9.47 Å². The number of alkyl halides is 3. The summed E-state index contributed by atoms with van der Waals surface area (Å²) in [6, 6.07) is 4.50. The molecular weight excluding hydrogens is 818 g/mol. The molecule has 1 aromatic heterocycles. The summed E-state index contributed by atoms with van der Waals surface area (Å²) in [5, 5.41) is 6.40. The fourth-order valence-corrected chi connectivity index (χ4v) is 10.3. The molecule has 3 N–H and O–H groups in total. The minimum atomic E-state index is -4.90. The molecule has 0 spiro atoms. The smallest absolute Gasteiger partial charge is 0.427 e. The van der Waals surface area contributed by atoms with E-state index in [1.54, 1.807) is 35.6 Å². The molecule has 2 saturated carbocycles. The number of allylic oxidation sites excluding steroid dienone is 1. The summed E-state index contributed by atoms with van der Waals surface area (Å²) < 4.78 is 78.8. The number of rotatable bonds is 8. The number of hydrogen-bond donors (Lipinski definition) is 3. The van der Waals surface area contributed by atoms with Gasteiger partial charge < -0.3 is 29.9 Å². The summed E-state index contributed by atoms with van der Waals surface area (Å²) in [7, 11) is -2.44. The van der Waals surface area contributed by atoms with Gasteiger partial charge in [0.15, 0.2) is 5.01 Å². The fraction of sp³-hybridized carbons (Fsp3) is 0.590. The highest BCUT2D eigenvalue weighted by atomic mass is 32.2. The largest absolute Gasteiger partial charge is 0.497 e. The Morgan fingerprint density at radius 1 is 1.02 bits per heavy atom. The molecule has 1 aromatic carbocycles. The number of alkyl carbamates (subject to hydrolysis) is 1. The molecular formula is C39H47F3N6O9S2. The fourth-order valence-electron chi connectivity index (χ4n) is 8.10. The van der Waals surface area contributed by atoms with Crippen LogP contribution in [0.25, 0.3) is 11.3 Å². The highest BCUT2D eigenvalue weighted by Gasteiger charge is 2.63. The number of thiazole rings is 1.